The number of carbonyl (C=O) groups is 2. The van der Waals surface area contributed by atoms with Gasteiger partial charge in [-0.2, -0.15) is 0 Å². The lowest BCUT2D eigenvalue weighted by Crippen LogP contribution is -2.34. The van der Waals surface area contributed by atoms with E-state index in [-0.39, 0.29) is 33.3 Å². The number of hydrogen-bond acceptors (Lipinski definition) is 2. The summed E-state index contributed by atoms with van der Waals surface area (Å²) in [4.78, 5) is 27.4. The summed E-state index contributed by atoms with van der Waals surface area (Å²) in [6, 6.07) is 7.70. The zero-order valence-corrected chi connectivity index (χ0v) is 14.9. The molecular weight excluding hydrogens is 398 g/mol. The Morgan fingerprint density at radius 1 is 1.05 bits per heavy atom. The minimum Gasteiger partial charge on any atom is -0.274 e. The van der Waals surface area contributed by atoms with Gasteiger partial charge in [0.15, 0.2) is 0 Å². The van der Waals surface area contributed by atoms with Gasteiger partial charge >= 0.3 is 0 Å². The number of halogens is 2. The van der Waals surface area contributed by atoms with Crippen LogP contribution in [-0.4, -0.2) is 21.5 Å². The van der Waals surface area contributed by atoms with Crippen LogP contribution in [0.4, 0.5) is 5.69 Å². The number of rotatable bonds is 2. The molecule has 5 heteroatoms. The average Bonchev–Trinajstić information content (AvgIpc) is 2.71. The Balaban J connectivity index is 1.98. The monoisotopic (exact) mass is 413 g/mol. The van der Waals surface area contributed by atoms with Crippen molar-refractivity contribution in [3.05, 3.63) is 29.8 Å². The van der Waals surface area contributed by atoms with Gasteiger partial charge in [-0.15, -0.1) is 0 Å². The van der Waals surface area contributed by atoms with Crippen molar-refractivity contribution in [2.24, 2.45) is 11.8 Å². The van der Waals surface area contributed by atoms with E-state index in [0.29, 0.717) is 0 Å². The number of para-hydroxylation sites is 1. The molecule has 3 rings (SSSR count). The molecule has 0 N–H and O–H groups in total. The van der Waals surface area contributed by atoms with Gasteiger partial charge in [0.05, 0.1) is 17.5 Å². The Bertz CT molecular complexity index is 561. The maximum Gasteiger partial charge on any atom is 0.237 e. The third kappa shape index (κ3) is 2.48. The molecule has 0 unspecified atom stereocenters. The number of amides is 2. The van der Waals surface area contributed by atoms with Crippen molar-refractivity contribution in [1.82, 2.24) is 0 Å². The molecule has 1 saturated heterocycles. The average molecular weight is 415 g/mol. The molecule has 3 nitrogen and oxygen atoms in total. The van der Waals surface area contributed by atoms with Gasteiger partial charge in [-0.25, -0.2) is 4.90 Å². The van der Waals surface area contributed by atoms with Crippen LogP contribution in [0, 0.1) is 11.8 Å². The zero-order chi connectivity index (χ0) is 15.1. The highest BCUT2D eigenvalue weighted by molar-refractivity contribution is 9.12. The number of carbonyl (C=O) groups excluding carboxylic acids is 2. The lowest BCUT2D eigenvalue weighted by molar-refractivity contribution is -0.122. The third-order valence-corrected chi connectivity index (χ3v) is 7.26. The normalized spacial score (nSPS) is 32.4. The molecule has 21 heavy (non-hydrogen) atoms. The number of nitrogens with zero attached hydrogens (tertiary/aromatic N) is 1. The lowest BCUT2D eigenvalue weighted by Gasteiger charge is -2.29. The van der Waals surface area contributed by atoms with Gasteiger partial charge in [0.1, 0.15) is 0 Å². The molecule has 0 bridgehead atoms. The molecule has 1 aliphatic carbocycles. The first kappa shape index (κ1) is 15.2. The molecule has 1 heterocycles. The molecule has 0 aromatic heterocycles. The van der Waals surface area contributed by atoms with Crippen LogP contribution in [0.25, 0.3) is 0 Å². The van der Waals surface area contributed by atoms with Gasteiger partial charge in [0, 0.05) is 9.65 Å². The van der Waals surface area contributed by atoms with Crippen molar-refractivity contribution >= 4 is 49.4 Å². The van der Waals surface area contributed by atoms with Crippen molar-refractivity contribution < 1.29 is 9.59 Å². The molecule has 2 aliphatic rings. The van der Waals surface area contributed by atoms with Crippen LogP contribution < -0.4 is 4.90 Å². The zero-order valence-electron chi connectivity index (χ0n) is 11.8. The molecule has 1 saturated carbocycles. The van der Waals surface area contributed by atoms with Gasteiger partial charge in [-0.1, -0.05) is 57.0 Å². The highest BCUT2D eigenvalue weighted by atomic mass is 79.9. The second-order valence-electron chi connectivity index (χ2n) is 5.71. The summed E-state index contributed by atoms with van der Waals surface area (Å²) in [5.41, 5.74) is 1.81. The van der Waals surface area contributed by atoms with Crippen LogP contribution in [0.2, 0.25) is 0 Å². The summed E-state index contributed by atoms with van der Waals surface area (Å²) in [7, 11) is 0. The first-order valence-corrected chi connectivity index (χ1v) is 9.11. The maximum absolute atomic E-state index is 12.7. The van der Waals surface area contributed by atoms with E-state index < -0.39 is 0 Å². The van der Waals surface area contributed by atoms with E-state index in [1.807, 2.05) is 31.2 Å². The van der Waals surface area contributed by atoms with Gasteiger partial charge in [0.25, 0.3) is 0 Å². The second-order valence-corrected chi connectivity index (χ2v) is 8.06. The molecule has 1 aliphatic heterocycles. The smallest absolute Gasteiger partial charge is 0.237 e. The van der Waals surface area contributed by atoms with E-state index >= 15 is 0 Å². The highest BCUT2D eigenvalue weighted by Crippen LogP contribution is 2.44. The maximum atomic E-state index is 12.7. The van der Waals surface area contributed by atoms with Crippen molar-refractivity contribution in [2.45, 2.75) is 35.8 Å². The van der Waals surface area contributed by atoms with Crippen LogP contribution in [0.5, 0.6) is 0 Å². The number of hydrogen-bond donors (Lipinski definition) is 0. The van der Waals surface area contributed by atoms with Crippen molar-refractivity contribution in [2.75, 3.05) is 4.90 Å². The van der Waals surface area contributed by atoms with Gasteiger partial charge < -0.3 is 0 Å². The fraction of sp³-hybridized carbons (Fsp3) is 0.500. The van der Waals surface area contributed by atoms with E-state index in [9.17, 15) is 9.59 Å². The van der Waals surface area contributed by atoms with Crippen LogP contribution in [0.15, 0.2) is 24.3 Å². The third-order valence-electron chi connectivity index (χ3n) is 4.52. The summed E-state index contributed by atoms with van der Waals surface area (Å²) >= 11 is 7.23. The Morgan fingerprint density at radius 3 is 2.10 bits per heavy atom. The standard InChI is InChI=1S/C16H17Br2NO2/c1-2-9-5-3-4-6-14(9)19-15(20)10-7-12(17)13(18)8-11(10)16(19)21/h3-6,10-13H,2,7-8H2,1H3/t10-,11+,12+,13-. The quantitative estimate of drug-likeness (QED) is 0.546. The number of anilines is 1. The van der Waals surface area contributed by atoms with Gasteiger partial charge in [0.2, 0.25) is 11.8 Å². The Morgan fingerprint density at radius 2 is 1.57 bits per heavy atom. The minimum atomic E-state index is -0.180. The van der Waals surface area contributed by atoms with Crippen LogP contribution in [0.1, 0.15) is 25.3 Å². The van der Waals surface area contributed by atoms with Gasteiger partial charge in [-0.3, -0.25) is 9.59 Å². The lowest BCUT2D eigenvalue weighted by atomic mass is 9.81. The molecule has 112 valence electrons. The van der Waals surface area contributed by atoms with Gasteiger partial charge in [-0.05, 0) is 30.9 Å². The molecule has 0 spiro atoms. The van der Waals surface area contributed by atoms with Crippen molar-refractivity contribution in [1.29, 1.82) is 0 Å². The molecule has 0 radical (unpaired) electrons. The molecule has 4 atom stereocenters. The number of benzene rings is 1. The summed E-state index contributed by atoms with van der Waals surface area (Å²) in [6.45, 7) is 2.04. The predicted octanol–water partition coefficient (Wildman–Crippen LogP) is 3.68. The summed E-state index contributed by atoms with van der Waals surface area (Å²) < 4.78 is 0. The number of fused-ring (bicyclic) bond motifs is 1. The number of aryl methyl sites for hydroxylation is 1. The Hall–Kier alpha value is -0.680. The van der Waals surface area contributed by atoms with E-state index in [2.05, 4.69) is 31.9 Å². The first-order chi connectivity index (χ1) is 10.0. The van der Waals surface area contributed by atoms with E-state index in [1.165, 1.54) is 4.90 Å². The fourth-order valence-electron chi connectivity index (χ4n) is 3.36. The fourth-order valence-corrected chi connectivity index (χ4v) is 4.60. The molecule has 2 fully saturated rings. The number of imide groups is 1. The number of alkyl halides is 2. The molecule has 2 amide bonds. The van der Waals surface area contributed by atoms with Crippen LogP contribution in [-0.2, 0) is 16.0 Å². The topological polar surface area (TPSA) is 37.4 Å². The molecule has 1 aromatic rings. The predicted molar refractivity (Wildman–Crippen MR) is 90.0 cm³/mol. The summed E-state index contributed by atoms with van der Waals surface area (Å²) in [5.74, 6) is -0.425. The Kier molecular flexibility index (Phi) is 4.23. The molecule has 1 aromatic carbocycles. The summed E-state index contributed by atoms with van der Waals surface area (Å²) in [6.07, 6.45) is 2.25. The van der Waals surface area contributed by atoms with Crippen molar-refractivity contribution in [3.8, 4) is 0 Å². The van der Waals surface area contributed by atoms with E-state index in [0.717, 1.165) is 30.5 Å². The van der Waals surface area contributed by atoms with Crippen LogP contribution in [0.3, 0.4) is 0 Å². The first-order valence-electron chi connectivity index (χ1n) is 7.28. The van der Waals surface area contributed by atoms with E-state index in [1.54, 1.807) is 0 Å². The molecular formula is C16H17Br2NO2. The van der Waals surface area contributed by atoms with Crippen molar-refractivity contribution in [3.63, 3.8) is 0 Å². The minimum absolute atomic E-state index is 0.0326. The highest BCUT2D eigenvalue weighted by Gasteiger charge is 2.52. The largest absolute Gasteiger partial charge is 0.274 e. The van der Waals surface area contributed by atoms with E-state index in [4.69, 9.17) is 0 Å². The second kappa shape index (κ2) is 5.84. The summed E-state index contributed by atoms with van der Waals surface area (Å²) in [5, 5.41) is 0. The van der Waals surface area contributed by atoms with Crippen LogP contribution >= 0.6 is 31.9 Å². The SMILES string of the molecule is CCc1ccccc1N1C(=O)[C@H]2C[C@@H](Br)[C@@H](Br)C[C@H]2C1=O. The Labute approximate surface area is 141 Å².